The maximum Gasteiger partial charge on any atom is 0.142 e. The number of ether oxygens (including phenoxy) is 2. The van der Waals surface area contributed by atoms with E-state index in [4.69, 9.17) is 14.7 Å². The number of rotatable bonds is 5. The van der Waals surface area contributed by atoms with Crippen LogP contribution in [-0.4, -0.2) is 48.3 Å². The van der Waals surface area contributed by atoms with Gasteiger partial charge in [-0.1, -0.05) is 18.2 Å². The monoisotopic (exact) mass is 364 g/mol. The molecule has 2 aromatic rings. The molecule has 2 aliphatic heterocycles. The first-order valence-corrected chi connectivity index (χ1v) is 9.31. The molecule has 4 rings (SSSR count). The van der Waals surface area contributed by atoms with Gasteiger partial charge in [0.2, 0.25) is 0 Å². The minimum absolute atomic E-state index is 0.0724. The lowest BCUT2D eigenvalue weighted by Crippen LogP contribution is -2.33. The van der Waals surface area contributed by atoms with Gasteiger partial charge in [0.15, 0.2) is 0 Å². The van der Waals surface area contributed by atoms with Crippen LogP contribution >= 0.6 is 0 Å². The Morgan fingerprint density at radius 2 is 2.19 bits per heavy atom. The van der Waals surface area contributed by atoms with Crippen molar-refractivity contribution in [2.24, 2.45) is 0 Å². The summed E-state index contributed by atoms with van der Waals surface area (Å²) in [4.78, 5) is 6.76. The number of anilines is 1. The van der Waals surface area contributed by atoms with Gasteiger partial charge in [0.1, 0.15) is 23.3 Å². The third kappa shape index (κ3) is 4.05. The van der Waals surface area contributed by atoms with Crippen molar-refractivity contribution in [3.63, 3.8) is 0 Å². The van der Waals surface area contributed by atoms with E-state index in [0.717, 1.165) is 44.0 Å². The Morgan fingerprint density at radius 3 is 2.96 bits per heavy atom. The molecule has 1 spiro atoms. The van der Waals surface area contributed by atoms with Crippen LogP contribution in [0, 0.1) is 11.3 Å². The fourth-order valence-electron chi connectivity index (χ4n) is 4.06. The average molecular weight is 364 g/mol. The Balaban J connectivity index is 1.33. The zero-order chi connectivity index (χ0) is 18.7. The summed E-state index contributed by atoms with van der Waals surface area (Å²) in [5.41, 5.74) is 1.65. The first-order valence-electron chi connectivity index (χ1n) is 9.31. The quantitative estimate of drug-likeness (QED) is 0.880. The molecule has 0 unspecified atom stereocenters. The second-order valence-corrected chi connectivity index (χ2v) is 7.37. The highest BCUT2D eigenvalue weighted by atomic mass is 16.5. The molecule has 1 N–H and O–H groups in total. The van der Waals surface area contributed by atoms with Crippen molar-refractivity contribution in [3.05, 3.63) is 53.7 Å². The molecule has 0 amide bonds. The smallest absolute Gasteiger partial charge is 0.142 e. The maximum atomic E-state index is 8.99. The Kier molecular flexibility index (Phi) is 4.97. The lowest BCUT2D eigenvalue weighted by Gasteiger charge is -2.23. The summed E-state index contributed by atoms with van der Waals surface area (Å²) >= 11 is 0. The van der Waals surface area contributed by atoms with E-state index < -0.39 is 0 Å². The number of nitrogens with one attached hydrogen (secondary N) is 1. The fourth-order valence-corrected chi connectivity index (χ4v) is 4.06. The standard InChI is InChI=1S/C21H24N4O2/c1-26-19-7-5-16(6-8-19)13-25-10-9-21(15-25)11-18(14-27-21)24-20-4-2-3-17(12-22)23-20/h2-8,18H,9-11,13-15H2,1H3,(H,23,24)/t18-,21+/m0/s1. The van der Waals surface area contributed by atoms with Gasteiger partial charge < -0.3 is 14.8 Å². The van der Waals surface area contributed by atoms with Gasteiger partial charge in [0.25, 0.3) is 0 Å². The molecular weight excluding hydrogens is 340 g/mol. The first-order chi connectivity index (χ1) is 13.2. The highest BCUT2D eigenvalue weighted by Gasteiger charge is 2.45. The third-order valence-electron chi connectivity index (χ3n) is 5.39. The van der Waals surface area contributed by atoms with E-state index in [9.17, 15) is 0 Å². The van der Waals surface area contributed by atoms with Crippen LogP contribution in [0.5, 0.6) is 5.75 Å². The molecule has 2 aliphatic rings. The number of aromatic nitrogens is 1. The number of nitriles is 1. The predicted molar refractivity (Wildman–Crippen MR) is 103 cm³/mol. The molecule has 0 radical (unpaired) electrons. The van der Waals surface area contributed by atoms with Crippen LogP contribution in [0.1, 0.15) is 24.1 Å². The van der Waals surface area contributed by atoms with Crippen molar-refractivity contribution in [2.45, 2.75) is 31.0 Å². The second kappa shape index (κ2) is 7.55. The number of likely N-dealkylation sites (tertiary alicyclic amines) is 1. The first kappa shape index (κ1) is 17.8. The van der Waals surface area contributed by atoms with Crippen molar-refractivity contribution >= 4 is 5.82 Å². The van der Waals surface area contributed by atoms with Crippen LogP contribution in [-0.2, 0) is 11.3 Å². The highest BCUT2D eigenvalue weighted by Crippen LogP contribution is 2.36. The average Bonchev–Trinajstić information content (AvgIpc) is 3.28. The Hall–Kier alpha value is -2.62. The summed E-state index contributed by atoms with van der Waals surface area (Å²) in [6, 6.07) is 16.0. The van der Waals surface area contributed by atoms with E-state index >= 15 is 0 Å². The molecule has 2 atom stereocenters. The zero-order valence-corrected chi connectivity index (χ0v) is 15.5. The topological polar surface area (TPSA) is 70.4 Å². The third-order valence-corrected chi connectivity index (χ3v) is 5.39. The van der Waals surface area contributed by atoms with Gasteiger partial charge in [-0.3, -0.25) is 4.90 Å². The zero-order valence-electron chi connectivity index (χ0n) is 15.5. The van der Waals surface area contributed by atoms with Crippen LogP contribution in [0.2, 0.25) is 0 Å². The highest BCUT2D eigenvalue weighted by molar-refractivity contribution is 5.39. The number of hydrogen-bond donors (Lipinski definition) is 1. The van der Waals surface area contributed by atoms with Crippen molar-refractivity contribution in [1.82, 2.24) is 9.88 Å². The van der Waals surface area contributed by atoms with E-state index in [2.05, 4.69) is 33.4 Å². The second-order valence-electron chi connectivity index (χ2n) is 7.37. The van der Waals surface area contributed by atoms with Gasteiger partial charge in [-0.25, -0.2) is 4.98 Å². The molecule has 6 heteroatoms. The molecule has 140 valence electrons. The summed E-state index contributed by atoms with van der Waals surface area (Å²) < 4.78 is 11.5. The predicted octanol–water partition coefficient (Wildman–Crippen LogP) is 2.81. The summed E-state index contributed by atoms with van der Waals surface area (Å²) in [6.45, 7) is 3.59. The van der Waals surface area contributed by atoms with Gasteiger partial charge >= 0.3 is 0 Å². The molecule has 0 bridgehead atoms. The van der Waals surface area contributed by atoms with E-state index in [-0.39, 0.29) is 11.6 Å². The van der Waals surface area contributed by atoms with Gasteiger partial charge in [-0.15, -0.1) is 0 Å². The molecule has 0 saturated carbocycles. The van der Waals surface area contributed by atoms with Crippen molar-refractivity contribution in [1.29, 1.82) is 5.26 Å². The largest absolute Gasteiger partial charge is 0.497 e. The molecule has 1 aromatic heterocycles. The van der Waals surface area contributed by atoms with E-state index in [1.54, 1.807) is 13.2 Å². The number of nitrogens with zero attached hydrogens (tertiary/aromatic N) is 3. The van der Waals surface area contributed by atoms with E-state index in [0.29, 0.717) is 12.3 Å². The summed E-state index contributed by atoms with van der Waals surface area (Å²) in [5.74, 6) is 1.63. The van der Waals surface area contributed by atoms with Crippen LogP contribution in [0.4, 0.5) is 5.82 Å². The SMILES string of the molecule is COc1ccc(CN2CC[C@@]3(C[C@H](Nc4cccc(C#N)n4)CO3)C2)cc1. The van der Waals surface area contributed by atoms with Crippen molar-refractivity contribution < 1.29 is 9.47 Å². The summed E-state index contributed by atoms with van der Waals surface area (Å²) in [7, 11) is 1.69. The lowest BCUT2D eigenvalue weighted by molar-refractivity contribution is 0.0120. The van der Waals surface area contributed by atoms with Crippen molar-refractivity contribution in [3.8, 4) is 11.8 Å². The van der Waals surface area contributed by atoms with Crippen molar-refractivity contribution in [2.75, 3.05) is 32.1 Å². The van der Waals surface area contributed by atoms with Gasteiger partial charge in [0, 0.05) is 26.1 Å². The number of pyridine rings is 1. The molecule has 1 aromatic carbocycles. The number of methoxy groups -OCH3 is 1. The lowest BCUT2D eigenvalue weighted by atomic mass is 9.97. The molecule has 0 aliphatic carbocycles. The number of benzene rings is 1. The maximum absolute atomic E-state index is 8.99. The number of hydrogen-bond acceptors (Lipinski definition) is 6. The normalized spacial score (nSPS) is 24.8. The Morgan fingerprint density at radius 1 is 1.33 bits per heavy atom. The molecular formula is C21H24N4O2. The minimum Gasteiger partial charge on any atom is -0.497 e. The minimum atomic E-state index is -0.0724. The Labute approximate surface area is 159 Å². The van der Waals surface area contributed by atoms with E-state index in [1.165, 1.54) is 5.56 Å². The van der Waals surface area contributed by atoms with Gasteiger partial charge in [0.05, 0.1) is 25.4 Å². The molecule has 3 heterocycles. The van der Waals surface area contributed by atoms with Gasteiger partial charge in [-0.05, 0) is 36.2 Å². The van der Waals surface area contributed by atoms with Crippen LogP contribution < -0.4 is 10.1 Å². The molecule has 2 fully saturated rings. The van der Waals surface area contributed by atoms with Crippen LogP contribution in [0.3, 0.4) is 0 Å². The Bertz CT molecular complexity index is 833. The molecule has 6 nitrogen and oxygen atoms in total. The molecule has 27 heavy (non-hydrogen) atoms. The summed E-state index contributed by atoms with van der Waals surface area (Å²) in [6.07, 6.45) is 2.01. The van der Waals surface area contributed by atoms with Gasteiger partial charge in [-0.2, -0.15) is 5.26 Å². The fraction of sp³-hybridized carbons (Fsp3) is 0.429. The van der Waals surface area contributed by atoms with E-state index in [1.807, 2.05) is 24.3 Å². The summed E-state index contributed by atoms with van der Waals surface area (Å²) in [5, 5.41) is 12.4. The van der Waals surface area contributed by atoms with Crippen LogP contribution in [0.15, 0.2) is 42.5 Å². The molecule has 2 saturated heterocycles. The van der Waals surface area contributed by atoms with Crippen LogP contribution in [0.25, 0.3) is 0 Å².